The first kappa shape index (κ1) is 16.0. The van der Waals surface area contributed by atoms with Crippen LogP contribution in [0.2, 0.25) is 0 Å². The molecular formula is C10H14BrF2N3O3. The minimum Gasteiger partial charge on any atom is -0.394 e. The zero-order chi connectivity index (χ0) is 14.3. The lowest BCUT2D eigenvalue weighted by Gasteiger charge is -2.10. The number of anilines is 1. The number of halogens is 3. The van der Waals surface area contributed by atoms with Crippen molar-refractivity contribution in [2.45, 2.75) is 13.0 Å². The normalized spacial score (nSPS) is 11.0. The molecule has 0 fully saturated rings. The van der Waals surface area contributed by atoms with Crippen LogP contribution in [0.1, 0.15) is 0 Å². The van der Waals surface area contributed by atoms with Crippen molar-refractivity contribution in [3.8, 4) is 0 Å². The topological polar surface area (TPSA) is 76.4 Å². The smallest absolute Gasteiger partial charge is 0.283 e. The number of nitrogens with one attached hydrogen (secondary N) is 1. The van der Waals surface area contributed by atoms with Gasteiger partial charge in [0.1, 0.15) is 11.1 Å². The molecule has 0 aliphatic carbocycles. The summed E-state index contributed by atoms with van der Waals surface area (Å²) in [5.41, 5.74) is 0.0624. The van der Waals surface area contributed by atoms with Crippen LogP contribution < -0.4 is 10.9 Å². The summed E-state index contributed by atoms with van der Waals surface area (Å²) in [5.74, 6) is 0. The summed E-state index contributed by atoms with van der Waals surface area (Å²) in [6, 6.07) is 0. The Morgan fingerprint density at radius 1 is 1.58 bits per heavy atom. The van der Waals surface area contributed by atoms with Gasteiger partial charge in [-0.15, -0.1) is 0 Å². The average molecular weight is 342 g/mol. The molecule has 0 aliphatic heterocycles. The maximum Gasteiger partial charge on any atom is 0.283 e. The molecule has 0 atom stereocenters. The summed E-state index contributed by atoms with van der Waals surface area (Å²) in [6.07, 6.45) is -1.08. The number of hydrogen-bond donors (Lipinski definition) is 2. The van der Waals surface area contributed by atoms with E-state index in [0.717, 1.165) is 4.68 Å². The molecule has 1 heterocycles. The second-order valence-corrected chi connectivity index (χ2v) is 4.31. The fourth-order valence-electron chi connectivity index (χ4n) is 1.27. The van der Waals surface area contributed by atoms with Crippen LogP contribution in [0.3, 0.4) is 0 Å². The van der Waals surface area contributed by atoms with Crippen molar-refractivity contribution in [3.63, 3.8) is 0 Å². The predicted octanol–water partition coefficient (Wildman–Crippen LogP) is 0.692. The van der Waals surface area contributed by atoms with Crippen molar-refractivity contribution in [2.75, 3.05) is 31.7 Å². The zero-order valence-corrected chi connectivity index (χ0v) is 11.6. The van der Waals surface area contributed by atoms with Gasteiger partial charge in [0.25, 0.3) is 12.0 Å². The molecule has 0 amide bonds. The maximum atomic E-state index is 11.8. The van der Waals surface area contributed by atoms with E-state index in [4.69, 9.17) is 5.11 Å². The summed E-state index contributed by atoms with van der Waals surface area (Å²) in [5, 5.41) is 15.4. The van der Waals surface area contributed by atoms with Crippen LogP contribution in [0.25, 0.3) is 0 Å². The third-order valence-electron chi connectivity index (χ3n) is 2.10. The summed E-state index contributed by atoms with van der Waals surface area (Å²) < 4.78 is 29.6. The molecule has 1 aromatic rings. The van der Waals surface area contributed by atoms with Crippen molar-refractivity contribution >= 4 is 21.6 Å². The molecule has 1 rings (SSSR count). The van der Waals surface area contributed by atoms with Crippen molar-refractivity contribution in [3.05, 3.63) is 21.0 Å². The highest BCUT2D eigenvalue weighted by Gasteiger charge is 2.08. The van der Waals surface area contributed by atoms with Crippen LogP contribution in [-0.2, 0) is 11.3 Å². The van der Waals surface area contributed by atoms with Gasteiger partial charge in [0.15, 0.2) is 0 Å². The van der Waals surface area contributed by atoms with Gasteiger partial charge in [-0.05, 0) is 15.9 Å². The molecule has 0 saturated carbocycles. The Hall–Kier alpha value is -1.06. The summed E-state index contributed by atoms with van der Waals surface area (Å²) >= 11 is 3.12. The highest BCUT2D eigenvalue weighted by Crippen LogP contribution is 2.15. The van der Waals surface area contributed by atoms with Gasteiger partial charge in [0.05, 0.1) is 31.6 Å². The molecule has 0 radical (unpaired) electrons. The molecule has 2 N–H and O–H groups in total. The predicted molar refractivity (Wildman–Crippen MR) is 68.6 cm³/mol. The molecule has 0 spiro atoms. The van der Waals surface area contributed by atoms with Crippen molar-refractivity contribution in [1.29, 1.82) is 0 Å². The molecule has 0 saturated heterocycles. The first-order valence-electron chi connectivity index (χ1n) is 5.52. The van der Waals surface area contributed by atoms with Gasteiger partial charge in [-0.2, -0.15) is 5.10 Å². The summed E-state index contributed by atoms with van der Waals surface area (Å²) in [7, 11) is 0. The number of nitrogens with zero attached hydrogens (tertiary/aromatic N) is 2. The van der Waals surface area contributed by atoms with E-state index < -0.39 is 13.0 Å². The highest BCUT2D eigenvalue weighted by molar-refractivity contribution is 9.10. The van der Waals surface area contributed by atoms with Crippen LogP contribution in [0.5, 0.6) is 0 Å². The monoisotopic (exact) mass is 341 g/mol. The number of aliphatic hydroxyl groups excluding tert-OH is 1. The SMILES string of the molecule is O=c1c(Br)c(NCCOCC(F)F)cnn1CCO. The molecule has 9 heteroatoms. The van der Waals surface area contributed by atoms with Gasteiger partial charge >= 0.3 is 0 Å². The molecular weight excluding hydrogens is 328 g/mol. The minimum atomic E-state index is -2.49. The lowest BCUT2D eigenvalue weighted by atomic mass is 10.4. The molecule has 0 unspecified atom stereocenters. The van der Waals surface area contributed by atoms with E-state index in [-0.39, 0.29) is 36.3 Å². The average Bonchev–Trinajstić information content (AvgIpc) is 2.37. The second-order valence-electron chi connectivity index (χ2n) is 3.52. The lowest BCUT2D eigenvalue weighted by molar-refractivity contribution is 0.0215. The summed E-state index contributed by atoms with van der Waals surface area (Å²) in [4.78, 5) is 11.7. The standard InChI is InChI=1S/C10H14BrF2N3O3/c11-9-7(14-1-4-19-6-8(12)13)5-15-16(2-3-17)10(9)18/h5,8,14,17H,1-4,6H2. The molecule has 108 valence electrons. The Morgan fingerprint density at radius 2 is 2.32 bits per heavy atom. The number of rotatable bonds is 8. The van der Waals surface area contributed by atoms with Gasteiger partial charge in [-0.1, -0.05) is 0 Å². The van der Waals surface area contributed by atoms with Crippen molar-refractivity contribution in [2.24, 2.45) is 0 Å². The van der Waals surface area contributed by atoms with Crippen LogP contribution in [0.15, 0.2) is 15.5 Å². The van der Waals surface area contributed by atoms with Gasteiger partial charge in [-0.3, -0.25) is 4.79 Å². The van der Waals surface area contributed by atoms with Gasteiger partial charge < -0.3 is 15.2 Å². The van der Waals surface area contributed by atoms with E-state index in [9.17, 15) is 13.6 Å². The third kappa shape index (κ3) is 5.21. The molecule has 0 aromatic carbocycles. The van der Waals surface area contributed by atoms with Crippen LogP contribution in [-0.4, -0.2) is 47.7 Å². The van der Waals surface area contributed by atoms with Crippen LogP contribution >= 0.6 is 15.9 Å². The van der Waals surface area contributed by atoms with Gasteiger partial charge in [-0.25, -0.2) is 13.5 Å². The molecule has 1 aromatic heterocycles. The molecule has 6 nitrogen and oxygen atoms in total. The Kier molecular flexibility index (Phi) is 6.89. The van der Waals surface area contributed by atoms with Crippen molar-refractivity contribution < 1.29 is 18.6 Å². The van der Waals surface area contributed by atoms with E-state index >= 15 is 0 Å². The Bertz CT molecular complexity index is 456. The minimum absolute atomic E-state index is 0.0938. The van der Waals surface area contributed by atoms with E-state index in [0.29, 0.717) is 5.69 Å². The quantitative estimate of drug-likeness (QED) is 0.680. The first-order valence-corrected chi connectivity index (χ1v) is 6.31. The van der Waals surface area contributed by atoms with E-state index in [1.165, 1.54) is 6.20 Å². The van der Waals surface area contributed by atoms with Crippen LogP contribution in [0, 0.1) is 0 Å². The van der Waals surface area contributed by atoms with E-state index in [2.05, 4.69) is 31.1 Å². The van der Waals surface area contributed by atoms with Gasteiger partial charge in [0.2, 0.25) is 0 Å². The number of ether oxygens (including phenoxy) is 1. The number of aliphatic hydroxyl groups is 1. The molecule has 0 aliphatic rings. The van der Waals surface area contributed by atoms with Crippen molar-refractivity contribution in [1.82, 2.24) is 9.78 Å². The lowest BCUT2D eigenvalue weighted by Crippen LogP contribution is -2.26. The second kappa shape index (κ2) is 8.18. The van der Waals surface area contributed by atoms with E-state index in [1.54, 1.807) is 0 Å². The Labute approximate surface area is 116 Å². The third-order valence-corrected chi connectivity index (χ3v) is 2.87. The Balaban J connectivity index is 2.51. The maximum absolute atomic E-state index is 11.8. The summed E-state index contributed by atoms with van der Waals surface area (Å²) in [6.45, 7) is -0.324. The number of aromatic nitrogens is 2. The first-order chi connectivity index (χ1) is 9.06. The van der Waals surface area contributed by atoms with Gasteiger partial charge in [0, 0.05) is 6.54 Å². The number of hydrogen-bond acceptors (Lipinski definition) is 5. The van der Waals surface area contributed by atoms with Crippen LogP contribution in [0.4, 0.5) is 14.5 Å². The highest BCUT2D eigenvalue weighted by atomic mass is 79.9. The zero-order valence-electron chi connectivity index (χ0n) is 9.98. The van der Waals surface area contributed by atoms with E-state index in [1.807, 2.05) is 0 Å². The fourth-order valence-corrected chi connectivity index (χ4v) is 1.72. The largest absolute Gasteiger partial charge is 0.394 e. The fraction of sp³-hybridized carbons (Fsp3) is 0.600. The molecule has 0 bridgehead atoms. The number of alkyl halides is 2. The Morgan fingerprint density at radius 3 is 2.95 bits per heavy atom. The molecule has 19 heavy (non-hydrogen) atoms.